The normalized spacial score (nSPS) is 17.1. The zero-order valence-corrected chi connectivity index (χ0v) is 20.8. The van der Waals surface area contributed by atoms with Crippen molar-refractivity contribution in [3.63, 3.8) is 0 Å². The maximum absolute atomic E-state index is 13.2. The Morgan fingerprint density at radius 1 is 1.12 bits per heavy atom. The molecule has 1 amide bonds. The van der Waals surface area contributed by atoms with Gasteiger partial charge in [0, 0.05) is 42.1 Å². The van der Waals surface area contributed by atoms with Crippen molar-refractivity contribution in [2.24, 2.45) is 0 Å². The van der Waals surface area contributed by atoms with Gasteiger partial charge in [0.1, 0.15) is 6.10 Å². The number of aryl methyl sites for hydroxylation is 1. The van der Waals surface area contributed by atoms with Crippen LogP contribution in [0.5, 0.6) is 6.01 Å². The quantitative estimate of drug-likeness (QED) is 0.531. The van der Waals surface area contributed by atoms with E-state index in [9.17, 15) is 4.79 Å². The Morgan fingerprint density at radius 3 is 2.55 bits per heavy atom. The number of hydrogen-bond donors (Lipinski definition) is 1. The fourth-order valence-corrected chi connectivity index (χ4v) is 4.66. The Hall–Kier alpha value is -2.62. The standard InChI is InChI=1S/C24H27N5O2P2/c1-15-4-2-3-5-18(15)19-8-10-25-21(29-11-9-24(32,33)14-29)20(19)28-22(30)16-12-26-23(27-13-16)31-17-6-7-17/h2-5,8,10,12-13,17H,6-7,9,11,14,32-33H2,1H3,(H,28,30). The van der Waals surface area contributed by atoms with Crippen molar-refractivity contribution in [2.45, 2.75) is 37.2 Å². The molecule has 1 aliphatic carbocycles. The third kappa shape index (κ3) is 5.00. The van der Waals surface area contributed by atoms with E-state index in [0.29, 0.717) is 17.3 Å². The number of nitrogens with one attached hydrogen (secondary N) is 1. The van der Waals surface area contributed by atoms with E-state index >= 15 is 0 Å². The minimum Gasteiger partial charge on any atom is -0.460 e. The molecule has 1 saturated carbocycles. The number of carbonyl (C=O) groups is 1. The summed E-state index contributed by atoms with van der Waals surface area (Å²) in [5.41, 5.74) is 4.19. The highest BCUT2D eigenvalue weighted by atomic mass is 31.1. The monoisotopic (exact) mass is 479 g/mol. The molecule has 1 saturated heterocycles. The summed E-state index contributed by atoms with van der Waals surface area (Å²) in [5, 5.41) is 3.12. The lowest BCUT2D eigenvalue weighted by Crippen LogP contribution is -2.26. The molecule has 1 aromatic carbocycles. The van der Waals surface area contributed by atoms with Crippen molar-refractivity contribution in [3.8, 4) is 17.1 Å². The molecule has 2 fully saturated rings. The molecule has 0 radical (unpaired) electrons. The van der Waals surface area contributed by atoms with Gasteiger partial charge in [0.2, 0.25) is 0 Å². The first-order valence-corrected chi connectivity index (χ1v) is 12.2. The summed E-state index contributed by atoms with van der Waals surface area (Å²) in [5.74, 6) is 0.491. The summed E-state index contributed by atoms with van der Waals surface area (Å²) in [4.78, 5) is 28.6. The van der Waals surface area contributed by atoms with Crippen LogP contribution in [-0.4, -0.2) is 44.9 Å². The molecule has 170 valence electrons. The molecule has 33 heavy (non-hydrogen) atoms. The van der Waals surface area contributed by atoms with Gasteiger partial charge in [-0.2, -0.15) is 0 Å². The summed E-state index contributed by atoms with van der Waals surface area (Å²) in [6.07, 6.45) is 8.10. The number of hydrogen-bond acceptors (Lipinski definition) is 6. The highest BCUT2D eigenvalue weighted by Gasteiger charge is 2.32. The van der Waals surface area contributed by atoms with Crippen LogP contribution in [0.3, 0.4) is 0 Å². The van der Waals surface area contributed by atoms with Crippen LogP contribution in [0.4, 0.5) is 11.5 Å². The van der Waals surface area contributed by atoms with E-state index in [1.54, 1.807) is 0 Å². The molecule has 2 unspecified atom stereocenters. The Kier molecular flexibility index (Phi) is 6.03. The van der Waals surface area contributed by atoms with E-state index in [1.807, 2.05) is 24.4 Å². The lowest BCUT2D eigenvalue weighted by atomic mass is 9.99. The summed E-state index contributed by atoms with van der Waals surface area (Å²) >= 11 is 0. The lowest BCUT2D eigenvalue weighted by molar-refractivity contribution is 0.102. The molecule has 3 heterocycles. The van der Waals surface area contributed by atoms with Gasteiger partial charge in [-0.15, -0.1) is 18.5 Å². The van der Waals surface area contributed by atoms with Crippen LogP contribution in [0.25, 0.3) is 11.1 Å². The predicted octanol–water partition coefficient (Wildman–Crippen LogP) is 4.30. The minimum absolute atomic E-state index is 0.0346. The van der Waals surface area contributed by atoms with E-state index in [2.05, 4.69) is 62.7 Å². The molecule has 0 spiro atoms. The van der Waals surface area contributed by atoms with Crippen LogP contribution in [0.1, 0.15) is 35.2 Å². The van der Waals surface area contributed by atoms with Crippen molar-refractivity contribution >= 4 is 35.9 Å². The van der Waals surface area contributed by atoms with E-state index in [4.69, 9.17) is 4.74 Å². The average Bonchev–Trinajstić information content (AvgIpc) is 3.54. The first-order chi connectivity index (χ1) is 15.9. The van der Waals surface area contributed by atoms with Crippen LogP contribution in [0, 0.1) is 6.92 Å². The van der Waals surface area contributed by atoms with Gasteiger partial charge in [0.15, 0.2) is 5.82 Å². The number of nitrogens with zero attached hydrogens (tertiary/aromatic N) is 4. The average molecular weight is 479 g/mol. The maximum atomic E-state index is 13.2. The second kappa shape index (κ2) is 8.96. The number of ether oxygens (including phenoxy) is 1. The minimum atomic E-state index is -0.278. The van der Waals surface area contributed by atoms with Gasteiger partial charge in [-0.3, -0.25) is 4.79 Å². The van der Waals surface area contributed by atoms with Gasteiger partial charge in [0.25, 0.3) is 5.91 Å². The topological polar surface area (TPSA) is 80.2 Å². The third-order valence-corrected chi connectivity index (χ3v) is 6.87. The number of benzene rings is 1. The molecule has 7 nitrogen and oxygen atoms in total. The number of amides is 1. The fraction of sp³-hybridized carbons (Fsp3) is 0.333. The van der Waals surface area contributed by atoms with Crippen molar-refractivity contribution in [1.82, 2.24) is 15.0 Å². The molecule has 1 aliphatic heterocycles. The third-order valence-electron chi connectivity index (χ3n) is 5.92. The number of aromatic nitrogens is 3. The summed E-state index contributed by atoms with van der Waals surface area (Å²) < 4.78 is 5.60. The maximum Gasteiger partial charge on any atom is 0.316 e. The van der Waals surface area contributed by atoms with Crippen LogP contribution < -0.4 is 15.0 Å². The van der Waals surface area contributed by atoms with E-state index < -0.39 is 0 Å². The number of carbonyl (C=O) groups excluding carboxylic acids is 1. The molecule has 2 atom stereocenters. The second-order valence-corrected chi connectivity index (χ2v) is 11.8. The zero-order chi connectivity index (χ0) is 23.0. The van der Waals surface area contributed by atoms with Crippen LogP contribution in [0.15, 0.2) is 48.9 Å². The Morgan fingerprint density at radius 2 is 1.88 bits per heavy atom. The van der Waals surface area contributed by atoms with Gasteiger partial charge in [-0.1, -0.05) is 24.3 Å². The molecule has 1 N–H and O–H groups in total. The number of anilines is 2. The summed E-state index contributed by atoms with van der Waals surface area (Å²) in [6, 6.07) is 10.4. The molecule has 2 aromatic heterocycles. The van der Waals surface area contributed by atoms with Crippen molar-refractivity contribution in [2.75, 3.05) is 23.3 Å². The summed E-state index contributed by atoms with van der Waals surface area (Å²) in [7, 11) is 5.83. The van der Waals surface area contributed by atoms with Gasteiger partial charge in [-0.25, -0.2) is 15.0 Å². The highest BCUT2D eigenvalue weighted by molar-refractivity contribution is 7.40. The van der Waals surface area contributed by atoms with E-state index in [-0.39, 0.29) is 16.9 Å². The number of pyridine rings is 1. The fourth-order valence-electron chi connectivity index (χ4n) is 3.97. The van der Waals surface area contributed by atoms with Gasteiger partial charge in [0.05, 0.1) is 11.3 Å². The second-order valence-electron chi connectivity index (χ2n) is 8.80. The van der Waals surface area contributed by atoms with Gasteiger partial charge >= 0.3 is 6.01 Å². The van der Waals surface area contributed by atoms with Crippen molar-refractivity contribution in [1.29, 1.82) is 0 Å². The molecular formula is C24H27N5O2P2. The van der Waals surface area contributed by atoms with Crippen LogP contribution in [-0.2, 0) is 0 Å². The largest absolute Gasteiger partial charge is 0.460 e. The van der Waals surface area contributed by atoms with E-state index in [0.717, 1.165) is 54.9 Å². The van der Waals surface area contributed by atoms with Crippen LogP contribution >= 0.6 is 18.5 Å². The smallest absolute Gasteiger partial charge is 0.316 e. The molecule has 0 bridgehead atoms. The molecule has 5 rings (SSSR count). The Labute approximate surface area is 198 Å². The van der Waals surface area contributed by atoms with Gasteiger partial charge < -0.3 is 15.0 Å². The summed E-state index contributed by atoms with van der Waals surface area (Å²) in [6.45, 7) is 3.74. The SMILES string of the molecule is Cc1ccccc1-c1ccnc(N2CCC(P)(P)C2)c1NC(=O)c1cnc(OC2CC2)nc1. The van der Waals surface area contributed by atoms with E-state index in [1.165, 1.54) is 12.4 Å². The Balaban J connectivity index is 1.49. The Bertz CT molecular complexity index is 1180. The molecule has 2 aliphatic rings. The van der Waals surface area contributed by atoms with Crippen molar-refractivity contribution < 1.29 is 9.53 Å². The predicted molar refractivity (Wildman–Crippen MR) is 137 cm³/mol. The zero-order valence-electron chi connectivity index (χ0n) is 18.5. The molecule has 9 heteroatoms. The molecule has 3 aromatic rings. The molecular weight excluding hydrogens is 452 g/mol. The lowest BCUT2D eigenvalue weighted by Gasteiger charge is -2.25. The van der Waals surface area contributed by atoms with Crippen LogP contribution in [0.2, 0.25) is 0 Å². The number of rotatable bonds is 6. The first kappa shape index (κ1) is 22.2. The van der Waals surface area contributed by atoms with Gasteiger partial charge in [-0.05, 0) is 43.4 Å². The first-order valence-electron chi connectivity index (χ1n) is 11.1. The van der Waals surface area contributed by atoms with Crippen molar-refractivity contribution in [3.05, 3.63) is 60.0 Å². The highest BCUT2D eigenvalue weighted by Crippen LogP contribution is 2.43.